The van der Waals surface area contributed by atoms with Crippen LogP contribution in [0.15, 0.2) is 155 Å². The molecule has 1 saturated heterocycles. The van der Waals surface area contributed by atoms with E-state index >= 15 is 0 Å². The Labute approximate surface area is 277 Å². The standard InChI is InChI=1S/C40H30N8/c1-5-21-41-25(9-1)37-29-13-15-31(45-29)38(26-10-2-6-22-42-26)33-17-19-35(47-33)40(28-12-4-8-24-44-28)36-20-18-34(48-36)39(27-11-3-7-23-43-27)32-16-14-30(37)46-32/h1-17,19,21-24,34,36,45,48H,18,20H2/b37-29-,38-31-,39-32-,40-35-. The van der Waals surface area contributed by atoms with Gasteiger partial charge in [-0.1, -0.05) is 24.3 Å². The summed E-state index contributed by atoms with van der Waals surface area (Å²) < 4.78 is 0. The van der Waals surface area contributed by atoms with Gasteiger partial charge in [-0.2, -0.15) is 0 Å². The molecule has 0 radical (unpaired) electrons. The number of hydrogen-bond acceptors (Lipinski definition) is 7. The van der Waals surface area contributed by atoms with Crippen LogP contribution in [0.2, 0.25) is 0 Å². The van der Waals surface area contributed by atoms with Crippen molar-refractivity contribution in [1.29, 1.82) is 0 Å². The number of rotatable bonds is 4. The van der Waals surface area contributed by atoms with Crippen LogP contribution in [-0.4, -0.2) is 48.4 Å². The zero-order valence-corrected chi connectivity index (χ0v) is 26.0. The topological polar surface area (TPSA) is 104 Å². The number of allylic oxidation sites excluding steroid dienone is 4. The number of aromatic nitrogens is 5. The van der Waals surface area contributed by atoms with Gasteiger partial charge in [0.15, 0.2) is 0 Å². The maximum Gasteiger partial charge on any atom is 0.0752 e. The number of aliphatic imine (C=N–C) groups is 2. The first-order chi connectivity index (χ1) is 23.8. The number of H-pyrrole nitrogens is 1. The van der Waals surface area contributed by atoms with E-state index in [1.165, 1.54) is 0 Å². The van der Waals surface area contributed by atoms with Crippen LogP contribution in [0.5, 0.6) is 0 Å². The largest absolute Gasteiger partial charge is 0.354 e. The zero-order valence-electron chi connectivity index (χ0n) is 26.0. The van der Waals surface area contributed by atoms with Crippen molar-refractivity contribution >= 4 is 33.7 Å². The molecule has 2 atom stereocenters. The van der Waals surface area contributed by atoms with Crippen LogP contribution in [0, 0.1) is 0 Å². The fourth-order valence-electron chi connectivity index (χ4n) is 7.04. The quantitative estimate of drug-likeness (QED) is 0.295. The minimum absolute atomic E-state index is 0.0136. The van der Waals surface area contributed by atoms with Gasteiger partial charge in [0.1, 0.15) is 0 Å². The van der Waals surface area contributed by atoms with Gasteiger partial charge in [0.05, 0.1) is 56.3 Å². The Balaban J connectivity index is 1.37. The smallest absolute Gasteiger partial charge is 0.0752 e. The first-order valence-corrected chi connectivity index (χ1v) is 16.2. The molecule has 48 heavy (non-hydrogen) atoms. The number of hydrogen-bond donors (Lipinski definition) is 2. The summed E-state index contributed by atoms with van der Waals surface area (Å²) in [6.45, 7) is 0. The van der Waals surface area contributed by atoms with E-state index in [1.807, 2.05) is 85.5 Å². The molecule has 5 aromatic heterocycles. The van der Waals surface area contributed by atoms with Gasteiger partial charge in [0.2, 0.25) is 0 Å². The van der Waals surface area contributed by atoms with Gasteiger partial charge in [0, 0.05) is 59.2 Å². The van der Waals surface area contributed by atoms with Crippen molar-refractivity contribution < 1.29 is 0 Å². The Kier molecular flexibility index (Phi) is 6.98. The summed E-state index contributed by atoms with van der Waals surface area (Å²) in [5.41, 5.74) is 10.9. The minimum Gasteiger partial charge on any atom is -0.354 e. The van der Waals surface area contributed by atoms with Crippen LogP contribution >= 0.6 is 0 Å². The fourth-order valence-corrected chi connectivity index (χ4v) is 7.04. The highest BCUT2D eigenvalue weighted by Crippen LogP contribution is 2.37. The molecule has 2 N–H and O–H groups in total. The second-order valence-electron chi connectivity index (χ2n) is 12.0. The highest BCUT2D eigenvalue weighted by Gasteiger charge is 2.35. The van der Waals surface area contributed by atoms with Crippen LogP contribution in [0.25, 0.3) is 22.3 Å². The van der Waals surface area contributed by atoms with Crippen molar-refractivity contribution in [2.75, 3.05) is 0 Å². The van der Waals surface area contributed by atoms with E-state index in [9.17, 15) is 0 Å². The first kappa shape index (κ1) is 28.1. The van der Waals surface area contributed by atoms with Crippen molar-refractivity contribution in [3.8, 4) is 0 Å². The number of fused-ring (bicyclic) bond motifs is 6. The summed E-state index contributed by atoms with van der Waals surface area (Å²) in [6.07, 6.45) is 17.5. The van der Waals surface area contributed by atoms with Crippen molar-refractivity contribution in [2.24, 2.45) is 9.98 Å². The van der Waals surface area contributed by atoms with Crippen molar-refractivity contribution in [3.05, 3.63) is 179 Å². The third-order valence-corrected chi connectivity index (χ3v) is 9.14. The van der Waals surface area contributed by atoms with E-state index in [0.29, 0.717) is 0 Å². The summed E-state index contributed by atoms with van der Waals surface area (Å²) in [4.78, 5) is 33.5. The Hall–Kier alpha value is -6.12. The van der Waals surface area contributed by atoms with Gasteiger partial charge in [0.25, 0.3) is 0 Å². The van der Waals surface area contributed by atoms with Crippen LogP contribution < -0.4 is 16.0 Å². The maximum absolute atomic E-state index is 5.31. The molecule has 8 nitrogen and oxygen atoms in total. The van der Waals surface area contributed by atoms with Gasteiger partial charge in [-0.25, -0.2) is 9.98 Å². The number of aromatic amines is 1. The third kappa shape index (κ3) is 4.99. The number of pyridine rings is 4. The van der Waals surface area contributed by atoms with Gasteiger partial charge < -0.3 is 10.3 Å². The molecular weight excluding hydrogens is 592 g/mol. The number of nitrogens with one attached hydrogen (secondary N) is 2. The molecule has 1 fully saturated rings. The Bertz CT molecular complexity index is 2180. The fraction of sp³-hybridized carbons (Fsp3) is 0.100. The molecular formula is C40H30N8. The molecule has 230 valence electrons. The molecule has 5 aromatic rings. The first-order valence-electron chi connectivity index (χ1n) is 16.2. The lowest BCUT2D eigenvalue weighted by Crippen LogP contribution is -2.32. The highest BCUT2D eigenvalue weighted by atomic mass is 15.0. The molecule has 9 heterocycles. The average Bonchev–Trinajstić information content (AvgIpc) is 3.98. The van der Waals surface area contributed by atoms with Crippen LogP contribution in [0.1, 0.15) is 35.6 Å². The Morgan fingerprint density at radius 1 is 0.458 bits per heavy atom. The molecule has 0 aromatic carbocycles. The lowest BCUT2D eigenvalue weighted by Gasteiger charge is -2.21. The maximum atomic E-state index is 5.31. The van der Waals surface area contributed by atoms with E-state index in [-0.39, 0.29) is 12.1 Å². The average molecular weight is 623 g/mol. The van der Waals surface area contributed by atoms with E-state index < -0.39 is 0 Å². The summed E-state index contributed by atoms with van der Waals surface area (Å²) >= 11 is 0. The van der Waals surface area contributed by atoms with Gasteiger partial charge in [-0.3, -0.25) is 19.9 Å². The molecule has 8 heteroatoms. The van der Waals surface area contributed by atoms with E-state index in [2.05, 4.69) is 58.9 Å². The molecule has 4 aliphatic rings. The summed E-state index contributed by atoms with van der Waals surface area (Å²) in [5, 5.41) is 5.78. The minimum atomic E-state index is 0.0136. The lowest BCUT2D eigenvalue weighted by molar-refractivity contribution is 0.684. The van der Waals surface area contributed by atoms with Gasteiger partial charge in [-0.05, 0) is 97.8 Å². The van der Waals surface area contributed by atoms with E-state index in [1.54, 1.807) is 0 Å². The predicted octanol–water partition coefficient (Wildman–Crippen LogP) is 4.97. The SMILES string of the molecule is C1=C/C2=C(\c3ccccn3)C3CCC(N3)/C(c3ccccn3)=C3/C=CC(=N3)/C(c3ccccn3)=c3/cc/c([nH]3)=C(\c3ccccn3)C1=N2. The summed E-state index contributed by atoms with van der Waals surface area (Å²) in [7, 11) is 0. The van der Waals surface area contributed by atoms with E-state index in [0.717, 1.165) is 91.4 Å². The molecule has 4 aliphatic heterocycles. The lowest BCUT2D eigenvalue weighted by atomic mass is 9.97. The van der Waals surface area contributed by atoms with E-state index in [4.69, 9.17) is 29.9 Å². The van der Waals surface area contributed by atoms with Crippen LogP contribution in [-0.2, 0) is 0 Å². The molecule has 0 amide bonds. The second-order valence-corrected chi connectivity index (χ2v) is 12.0. The monoisotopic (exact) mass is 622 g/mol. The van der Waals surface area contributed by atoms with Crippen LogP contribution in [0.3, 0.4) is 0 Å². The molecule has 0 spiro atoms. The summed E-state index contributed by atoms with van der Waals surface area (Å²) in [6, 6.07) is 28.3. The normalized spacial score (nSPS) is 25.3. The Morgan fingerprint density at radius 3 is 1.27 bits per heavy atom. The molecule has 8 bridgehead atoms. The molecule has 0 saturated carbocycles. The highest BCUT2D eigenvalue weighted by molar-refractivity contribution is 6.31. The van der Waals surface area contributed by atoms with Gasteiger partial charge in [-0.15, -0.1) is 0 Å². The molecule has 0 aliphatic carbocycles. The molecule has 9 rings (SSSR count). The summed E-state index contributed by atoms with van der Waals surface area (Å²) in [5.74, 6) is 0. The van der Waals surface area contributed by atoms with Crippen molar-refractivity contribution in [1.82, 2.24) is 30.2 Å². The number of nitrogens with zero attached hydrogens (tertiary/aromatic N) is 6. The van der Waals surface area contributed by atoms with Crippen LogP contribution in [0.4, 0.5) is 0 Å². The zero-order chi connectivity index (χ0) is 31.9. The predicted molar refractivity (Wildman–Crippen MR) is 189 cm³/mol. The van der Waals surface area contributed by atoms with Crippen molar-refractivity contribution in [2.45, 2.75) is 24.9 Å². The molecule has 2 unspecified atom stereocenters. The second kappa shape index (κ2) is 11.9. The van der Waals surface area contributed by atoms with Gasteiger partial charge >= 0.3 is 0 Å². The van der Waals surface area contributed by atoms with Crippen molar-refractivity contribution in [3.63, 3.8) is 0 Å². The Morgan fingerprint density at radius 2 is 0.875 bits per heavy atom. The third-order valence-electron chi connectivity index (χ3n) is 9.14.